The van der Waals surface area contributed by atoms with Crippen molar-refractivity contribution in [1.82, 2.24) is 0 Å². The van der Waals surface area contributed by atoms with Crippen molar-refractivity contribution in [2.24, 2.45) is 0 Å². The minimum Gasteiger partial charge on any atom is -0.495 e. The van der Waals surface area contributed by atoms with Crippen LogP contribution in [0.15, 0.2) is 70.0 Å². The van der Waals surface area contributed by atoms with Crippen molar-refractivity contribution in [1.29, 1.82) is 0 Å². The first-order valence-corrected chi connectivity index (χ1v) is 10.7. The van der Waals surface area contributed by atoms with E-state index in [0.717, 1.165) is 5.76 Å². The Labute approximate surface area is 180 Å². The fourth-order valence-electron chi connectivity index (χ4n) is 2.76. The summed E-state index contributed by atoms with van der Waals surface area (Å²) >= 11 is 0. The van der Waals surface area contributed by atoms with Crippen LogP contribution in [-0.2, 0) is 14.8 Å². The molecule has 0 atom stereocenters. The molecule has 0 aliphatic carbocycles. The zero-order valence-electron chi connectivity index (χ0n) is 17.2. The number of carbonyl (C=O) groups excluding carboxylic acids is 1. The van der Waals surface area contributed by atoms with Crippen LogP contribution in [0.5, 0.6) is 11.5 Å². The average Bonchev–Trinajstić information content (AvgIpc) is 3.17. The van der Waals surface area contributed by atoms with Crippen molar-refractivity contribution >= 4 is 33.4 Å². The molecular weight excluding hydrogens is 420 g/mol. The van der Waals surface area contributed by atoms with Gasteiger partial charge in [0.2, 0.25) is 5.91 Å². The van der Waals surface area contributed by atoms with Gasteiger partial charge in [0.25, 0.3) is 10.0 Å². The largest absolute Gasteiger partial charge is 0.495 e. The van der Waals surface area contributed by atoms with E-state index in [1.807, 2.05) is 0 Å². The number of rotatable bonds is 8. The third-order valence-electron chi connectivity index (χ3n) is 4.25. The Hall–Kier alpha value is -3.72. The van der Waals surface area contributed by atoms with E-state index in [0.29, 0.717) is 22.9 Å². The normalized spacial score (nSPS) is 11.3. The molecule has 2 N–H and O–H groups in total. The van der Waals surface area contributed by atoms with Crippen LogP contribution >= 0.6 is 0 Å². The molecule has 9 heteroatoms. The van der Waals surface area contributed by atoms with E-state index in [9.17, 15) is 13.2 Å². The smallest absolute Gasteiger partial charge is 0.262 e. The Morgan fingerprint density at radius 1 is 0.968 bits per heavy atom. The number of hydrogen-bond acceptors (Lipinski definition) is 6. The third kappa shape index (κ3) is 5.46. The van der Waals surface area contributed by atoms with Gasteiger partial charge in [0.15, 0.2) is 0 Å². The summed E-state index contributed by atoms with van der Waals surface area (Å²) in [4.78, 5) is 12.3. The summed E-state index contributed by atoms with van der Waals surface area (Å²) in [5.74, 6) is 1.47. The maximum absolute atomic E-state index is 12.9. The Morgan fingerprint density at radius 3 is 2.35 bits per heavy atom. The molecule has 0 radical (unpaired) electrons. The second-order valence-corrected chi connectivity index (χ2v) is 8.12. The number of aryl methyl sites for hydroxylation is 1. The van der Waals surface area contributed by atoms with Crippen molar-refractivity contribution in [2.75, 3.05) is 24.3 Å². The van der Waals surface area contributed by atoms with Crippen LogP contribution in [0.25, 0.3) is 6.08 Å². The monoisotopic (exact) mass is 442 g/mol. The van der Waals surface area contributed by atoms with Crippen LogP contribution < -0.4 is 19.5 Å². The standard InChI is InChI=1S/C22H22N2O6S/c1-15-8-9-16(30-15)10-13-22(25)23-19-14-17(11-12-21(19)29-3)31(26,27)24-18-6-4-5-7-20(18)28-2/h4-14,24H,1-3H3,(H,23,25)/b13-10+. The van der Waals surface area contributed by atoms with Crippen LogP contribution in [0.4, 0.5) is 11.4 Å². The van der Waals surface area contributed by atoms with Crippen molar-refractivity contribution in [3.05, 3.63) is 72.2 Å². The molecular formula is C22H22N2O6S. The van der Waals surface area contributed by atoms with Gasteiger partial charge in [0.1, 0.15) is 23.0 Å². The molecule has 0 aliphatic rings. The van der Waals surface area contributed by atoms with Gasteiger partial charge < -0.3 is 19.2 Å². The number of sulfonamides is 1. The number of amides is 1. The lowest BCUT2D eigenvalue weighted by molar-refractivity contribution is -0.111. The van der Waals surface area contributed by atoms with E-state index in [2.05, 4.69) is 10.0 Å². The van der Waals surface area contributed by atoms with E-state index in [1.165, 1.54) is 44.6 Å². The highest BCUT2D eigenvalue weighted by Crippen LogP contribution is 2.30. The number of anilines is 2. The summed E-state index contributed by atoms with van der Waals surface area (Å²) in [5, 5.41) is 2.63. The molecule has 2 aromatic carbocycles. The zero-order valence-corrected chi connectivity index (χ0v) is 18.0. The molecule has 0 saturated heterocycles. The fraction of sp³-hybridized carbons (Fsp3) is 0.136. The van der Waals surface area contributed by atoms with Gasteiger partial charge in [-0.3, -0.25) is 9.52 Å². The summed E-state index contributed by atoms with van der Waals surface area (Å²) in [6.07, 6.45) is 2.80. The molecule has 0 fully saturated rings. The molecule has 1 heterocycles. The topological polar surface area (TPSA) is 107 Å². The molecule has 1 aromatic heterocycles. The van der Waals surface area contributed by atoms with E-state index in [-0.39, 0.29) is 10.6 Å². The number of benzene rings is 2. The summed E-state index contributed by atoms with van der Waals surface area (Å²) in [6, 6.07) is 14.3. The number of nitrogens with one attached hydrogen (secondary N) is 2. The number of carbonyl (C=O) groups is 1. The molecule has 0 bridgehead atoms. The van der Waals surface area contributed by atoms with E-state index < -0.39 is 15.9 Å². The van der Waals surface area contributed by atoms with Gasteiger partial charge in [-0.05, 0) is 55.5 Å². The molecule has 8 nitrogen and oxygen atoms in total. The van der Waals surface area contributed by atoms with E-state index in [1.54, 1.807) is 43.3 Å². The van der Waals surface area contributed by atoms with Crippen LogP contribution in [0, 0.1) is 6.92 Å². The molecule has 1 amide bonds. The van der Waals surface area contributed by atoms with Gasteiger partial charge in [-0.25, -0.2) is 8.42 Å². The lowest BCUT2D eigenvalue weighted by atomic mass is 10.3. The van der Waals surface area contributed by atoms with Gasteiger partial charge >= 0.3 is 0 Å². The second-order valence-electron chi connectivity index (χ2n) is 6.44. The molecule has 3 aromatic rings. The fourth-order valence-corrected chi connectivity index (χ4v) is 3.86. The van der Waals surface area contributed by atoms with Crippen LogP contribution in [-0.4, -0.2) is 28.5 Å². The summed E-state index contributed by atoms with van der Waals surface area (Å²) < 4.78 is 44.0. The third-order valence-corrected chi connectivity index (χ3v) is 5.61. The van der Waals surface area contributed by atoms with E-state index in [4.69, 9.17) is 13.9 Å². The Balaban J connectivity index is 1.84. The molecule has 31 heavy (non-hydrogen) atoms. The lowest BCUT2D eigenvalue weighted by Crippen LogP contribution is -2.15. The predicted octanol–water partition coefficient (Wildman–Crippen LogP) is 4.06. The molecule has 0 spiro atoms. The van der Waals surface area contributed by atoms with Gasteiger partial charge in [-0.15, -0.1) is 0 Å². The minimum absolute atomic E-state index is 0.0554. The summed E-state index contributed by atoms with van der Waals surface area (Å²) in [7, 11) is -1.08. The molecule has 0 aliphatic heterocycles. The first kappa shape index (κ1) is 22.0. The Kier molecular flexibility index (Phi) is 6.66. The number of para-hydroxylation sites is 2. The SMILES string of the molecule is COc1ccc(S(=O)(=O)Nc2ccccc2OC)cc1NC(=O)/C=C/c1ccc(C)o1. The molecule has 162 valence electrons. The minimum atomic E-state index is -3.95. The number of hydrogen-bond donors (Lipinski definition) is 2. The maximum Gasteiger partial charge on any atom is 0.262 e. The van der Waals surface area contributed by atoms with Crippen LogP contribution in [0.3, 0.4) is 0 Å². The van der Waals surface area contributed by atoms with Gasteiger partial charge in [-0.2, -0.15) is 0 Å². The predicted molar refractivity (Wildman–Crippen MR) is 118 cm³/mol. The van der Waals surface area contributed by atoms with Gasteiger partial charge in [0.05, 0.1) is 30.5 Å². The molecule has 0 unspecified atom stereocenters. The second kappa shape index (κ2) is 9.40. The average molecular weight is 442 g/mol. The number of methoxy groups -OCH3 is 2. The summed E-state index contributed by atoms with van der Waals surface area (Å²) in [5.41, 5.74) is 0.499. The van der Waals surface area contributed by atoms with E-state index >= 15 is 0 Å². The quantitative estimate of drug-likeness (QED) is 0.510. The Bertz CT molecular complexity index is 1210. The van der Waals surface area contributed by atoms with Crippen molar-refractivity contribution in [3.8, 4) is 11.5 Å². The highest BCUT2D eigenvalue weighted by molar-refractivity contribution is 7.92. The summed E-state index contributed by atoms with van der Waals surface area (Å²) in [6.45, 7) is 1.80. The van der Waals surface area contributed by atoms with Crippen molar-refractivity contribution in [3.63, 3.8) is 0 Å². The number of furan rings is 1. The molecule has 0 saturated carbocycles. The lowest BCUT2D eigenvalue weighted by Gasteiger charge is -2.14. The van der Waals surface area contributed by atoms with Crippen LogP contribution in [0.2, 0.25) is 0 Å². The highest BCUT2D eigenvalue weighted by Gasteiger charge is 2.19. The Morgan fingerprint density at radius 2 is 1.68 bits per heavy atom. The van der Waals surface area contributed by atoms with Crippen molar-refractivity contribution in [2.45, 2.75) is 11.8 Å². The first-order valence-electron chi connectivity index (χ1n) is 9.22. The van der Waals surface area contributed by atoms with Gasteiger partial charge in [-0.1, -0.05) is 12.1 Å². The first-order chi connectivity index (χ1) is 14.8. The van der Waals surface area contributed by atoms with Gasteiger partial charge in [0, 0.05) is 6.08 Å². The van der Waals surface area contributed by atoms with Crippen molar-refractivity contribution < 1.29 is 27.1 Å². The maximum atomic E-state index is 12.9. The van der Waals surface area contributed by atoms with Crippen LogP contribution in [0.1, 0.15) is 11.5 Å². The molecule has 3 rings (SSSR count). The highest BCUT2D eigenvalue weighted by atomic mass is 32.2. The number of ether oxygens (including phenoxy) is 2. The zero-order chi connectivity index (χ0) is 22.4.